The highest BCUT2D eigenvalue weighted by atomic mass is 16.6. The van der Waals surface area contributed by atoms with E-state index in [0.717, 1.165) is 30.0 Å². The van der Waals surface area contributed by atoms with E-state index >= 15 is 0 Å². The van der Waals surface area contributed by atoms with Gasteiger partial charge in [0.25, 0.3) is 0 Å². The van der Waals surface area contributed by atoms with Gasteiger partial charge in [0.05, 0.1) is 4.92 Å². The normalized spacial score (nSPS) is 14.4. The molecule has 0 atom stereocenters. The second-order valence-corrected chi connectivity index (χ2v) is 8.34. The quantitative estimate of drug-likeness (QED) is 0.279. The van der Waals surface area contributed by atoms with E-state index < -0.39 is 4.92 Å². The number of aromatic nitrogens is 2. The molecule has 7 heteroatoms. The Morgan fingerprint density at radius 3 is 2.42 bits per heavy atom. The highest BCUT2D eigenvalue weighted by molar-refractivity contribution is 5.83. The molecule has 0 amide bonds. The third-order valence-electron chi connectivity index (χ3n) is 6.17. The molecule has 33 heavy (non-hydrogen) atoms. The van der Waals surface area contributed by atoms with Crippen LogP contribution in [0.1, 0.15) is 18.4 Å². The largest absolute Gasteiger partial charge is 0.434 e. The Balaban J connectivity index is 1.35. The highest BCUT2D eigenvalue weighted by Gasteiger charge is 2.31. The molecule has 7 nitrogen and oxygen atoms in total. The predicted molar refractivity (Wildman–Crippen MR) is 128 cm³/mol. The SMILES string of the molecule is O=[N+]([O-])c1c(Oc2ccc3ccccc3c2)ncnc1N1CCC(Cc2ccccc2)CC1. The van der Waals surface area contributed by atoms with Gasteiger partial charge in [-0.25, -0.2) is 4.98 Å². The minimum absolute atomic E-state index is 0.0355. The molecule has 2 heterocycles. The zero-order valence-corrected chi connectivity index (χ0v) is 18.1. The minimum atomic E-state index is -0.443. The maximum atomic E-state index is 12.0. The number of hydrogen-bond donors (Lipinski definition) is 0. The third-order valence-corrected chi connectivity index (χ3v) is 6.17. The van der Waals surface area contributed by atoms with Gasteiger partial charge in [0, 0.05) is 13.1 Å². The van der Waals surface area contributed by atoms with Crippen molar-refractivity contribution >= 4 is 22.3 Å². The van der Waals surface area contributed by atoms with Gasteiger partial charge in [-0.3, -0.25) is 10.1 Å². The van der Waals surface area contributed by atoms with Crippen molar-refractivity contribution in [3.05, 3.63) is 94.8 Å². The molecule has 1 saturated heterocycles. The van der Waals surface area contributed by atoms with Crippen molar-refractivity contribution in [2.75, 3.05) is 18.0 Å². The van der Waals surface area contributed by atoms with Gasteiger partial charge < -0.3 is 9.64 Å². The molecule has 1 fully saturated rings. The number of fused-ring (bicyclic) bond motifs is 1. The van der Waals surface area contributed by atoms with Crippen LogP contribution in [0.2, 0.25) is 0 Å². The van der Waals surface area contributed by atoms with Crippen LogP contribution < -0.4 is 9.64 Å². The molecule has 0 radical (unpaired) electrons. The van der Waals surface area contributed by atoms with Gasteiger partial charge in [0.15, 0.2) is 0 Å². The zero-order valence-electron chi connectivity index (χ0n) is 18.1. The lowest BCUT2D eigenvalue weighted by molar-refractivity contribution is -0.385. The lowest BCUT2D eigenvalue weighted by Gasteiger charge is -2.32. The van der Waals surface area contributed by atoms with Crippen LogP contribution in [-0.4, -0.2) is 28.0 Å². The molecule has 0 aliphatic carbocycles. The Morgan fingerprint density at radius 1 is 0.939 bits per heavy atom. The Morgan fingerprint density at radius 2 is 1.67 bits per heavy atom. The summed E-state index contributed by atoms with van der Waals surface area (Å²) in [5, 5.41) is 14.1. The van der Waals surface area contributed by atoms with E-state index in [0.29, 0.717) is 30.6 Å². The summed E-state index contributed by atoms with van der Waals surface area (Å²) in [5.41, 5.74) is 1.14. The summed E-state index contributed by atoms with van der Waals surface area (Å²) in [6.07, 6.45) is 4.28. The van der Waals surface area contributed by atoms with Crippen molar-refractivity contribution in [3.63, 3.8) is 0 Å². The van der Waals surface area contributed by atoms with Crippen LogP contribution in [0.5, 0.6) is 11.6 Å². The number of rotatable bonds is 6. The average Bonchev–Trinajstić information content (AvgIpc) is 2.85. The molecular formula is C26H24N4O3. The number of nitrogens with zero attached hydrogens (tertiary/aromatic N) is 4. The van der Waals surface area contributed by atoms with Crippen molar-refractivity contribution in [3.8, 4) is 11.6 Å². The maximum absolute atomic E-state index is 12.0. The Bertz CT molecular complexity index is 1270. The number of ether oxygens (including phenoxy) is 1. The fourth-order valence-electron chi connectivity index (χ4n) is 4.46. The molecule has 5 rings (SSSR count). The van der Waals surface area contributed by atoms with E-state index in [2.05, 4.69) is 34.2 Å². The molecule has 0 unspecified atom stereocenters. The number of hydrogen-bond acceptors (Lipinski definition) is 6. The first-order chi connectivity index (χ1) is 16.2. The first-order valence-electron chi connectivity index (χ1n) is 11.1. The second-order valence-electron chi connectivity index (χ2n) is 8.34. The van der Waals surface area contributed by atoms with Gasteiger partial charge >= 0.3 is 11.6 Å². The number of benzene rings is 3. The molecule has 1 aliphatic heterocycles. The minimum Gasteiger partial charge on any atom is -0.434 e. The first kappa shape index (κ1) is 20.9. The topological polar surface area (TPSA) is 81.4 Å². The van der Waals surface area contributed by atoms with E-state index in [1.807, 2.05) is 47.4 Å². The van der Waals surface area contributed by atoms with E-state index in [4.69, 9.17) is 4.74 Å². The van der Waals surface area contributed by atoms with Gasteiger partial charge in [-0.1, -0.05) is 60.7 Å². The van der Waals surface area contributed by atoms with Crippen molar-refractivity contribution in [2.45, 2.75) is 19.3 Å². The Hall–Kier alpha value is -4.00. The fraction of sp³-hybridized carbons (Fsp3) is 0.231. The number of piperidine rings is 1. The molecule has 1 aliphatic rings. The molecule has 0 spiro atoms. The smallest absolute Gasteiger partial charge is 0.373 e. The predicted octanol–water partition coefficient (Wildman–Crippen LogP) is 5.79. The van der Waals surface area contributed by atoms with Crippen LogP contribution in [-0.2, 0) is 6.42 Å². The number of nitro groups is 1. The van der Waals surface area contributed by atoms with Crippen LogP contribution in [0.15, 0.2) is 79.1 Å². The van der Waals surface area contributed by atoms with Crippen LogP contribution in [0.3, 0.4) is 0 Å². The molecule has 0 saturated carbocycles. The first-order valence-corrected chi connectivity index (χ1v) is 11.1. The molecule has 0 bridgehead atoms. The van der Waals surface area contributed by atoms with Gasteiger partial charge in [-0.15, -0.1) is 0 Å². The van der Waals surface area contributed by atoms with Gasteiger partial charge in [-0.05, 0) is 53.6 Å². The lowest BCUT2D eigenvalue weighted by atomic mass is 9.90. The lowest BCUT2D eigenvalue weighted by Crippen LogP contribution is -2.35. The fourth-order valence-corrected chi connectivity index (χ4v) is 4.46. The summed E-state index contributed by atoms with van der Waals surface area (Å²) in [6.45, 7) is 1.43. The van der Waals surface area contributed by atoms with Gasteiger partial charge in [0.2, 0.25) is 5.82 Å². The zero-order chi connectivity index (χ0) is 22.6. The van der Waals surface area contributed by atoms with Crippen molar-refractivity contribution < 1.29 is 9.66 Å². The van der Waals surface area contributed by atoms with E-state index in [9.17, 15) is 10.1 Å². The summed E-state index contributed by atoms with van der Waals surface area (Å²) in [6, 6.07) is 23.9. The summed E-state index contributed by atoms with van der Waals surface area (Å²) in [5.74, 6) is 1.34. The molecule has 3 aromatic carbocycles. The molecule has 1 aromatic heterocycles. The van der Waals surface area contributed by atoms with E-state index in [1.165, 1.54) is 11.9 Å². The summed E-state index contributed by atoms with van der Waals surface area (Å²) < 4.78 is 5.89. The van der Waals surface area contributed by atoms with Crippen molar-refractivity contribution in [1.82, 2.24) is 9.97 Å². The maximum Gasteiger partial charge on any atom is 0.373 e. The summed E-state index contributed by atoms with van der Waals surface area (Å²) in [7, 11) is 0. The third kappa shape index (κ3) is 4.62. The van der Waals surface area contributed by atoms with Gasteiger partial charge in [0.1, 0.15) is 12.1 Å². The second kappa shape index (κ2) is 9.24. The molecule has 4 aromatic rings. The summed E-state index contributed by atoms with van der Waals surface area (Å²) in [4.78, 5) is 21.9. The standard InChI is InChI=1S/C26H24N4O3/c31-30(32)24-25(29-14-12-20(13-15-29)16-19-6-2-1-3-7-19)27-18-28-26(24)33-23-11-10-21-8-4-5-9-22(21)17-23/h1-11,17-18,20H,12-16H2. The van der Waals surface area contributed by atoms with Crippen LogP contribution >= 0.6 is 0 Å². The highest BCUT2D eigenvalue weighted by Crippen LogP contribution is 2.38. The van der Waals surface area contributed by atoms with E-state index in [-0.39, 0.29) is 11.6 Å². The van der Waals surface area contributed by atoms with Crippen LogP contribution in [0.4, 0.5) is 11.5 Å². The van der Waals surface area contributed by atoms with Crippen molar-refractivity contribution in [1.29, 1.82) is 0 Å². The average molecular weight is 441 g/mol. The number of anilines is 1. The Labute approximate surface area is 191 Å². The molecular weight excluding hydrogens is 416 g/mol. The Kier molecular flexibility index (Phi) is 5.85. The monoisotopic (exact) mass is 440 g/mol. The van der Waals surface area contributed by atoms with Gasteiger partial charge in [-0.2, -0.15) is 4.98 Å². The van der Waals surface area contributed by atoms with Crippen molar-refractivity contribution in [2.24, 2.45) is 5.92 Å². The van der Waals surface area contributed by atoms with E-state index in [1.54, 1.807) is 6.07 Å². The molecule has 0 N–H and O–H groups in total. The summed E-state index contributed by atoms with van der Waals surface area (Å²) >= 11 is 0. The molecule has 166 valence electrons. The van der Waals surface area contributed by atoms with Crippen LogP contribution in [0, 0.1) is 16.0 Å². The van der Waals surface area contributed by atoms with Crippen LogP contribution in [0.25, 0.3) is 10.8 Å².